The first kappa shape index (κ1) is 19.1. The molecule has 1 atom stereocenters. The molecule has 1 saturated carbocycles. The Kier molecular flexibility index (Phi) is 3.98. The molecule has 0 N–H and O–H groups in total. The van der Waals surface area contributed by atoms with Crippen molar-refractivity contribution in [2.45, 2.75) is 63.6 Å². The first-order valence-electron chi connectivity index (χ1n) is 11.2. The number of nitrogens with zero attached hydrogens (tertiary/aromatic N) is 3. The summed E-state index contributed by atoms with van der Waals surface area (Å²) in [6, 6.07) is 10.8. The van der Waals surface area contributed by atoms with Crippen molar-refractivity contribution in [3.63, 3.8) is 0 Å². The van der Waals surface area contributed by atoms with E-state index in [1.165, 1.54) is 24.1 Å². The van der Waals surface area contributed by atoms with E-state index in [2.05, 4.69) is 55.1 Å². The molecular weight excluding hydrogens is 406 g/mol. The summed E-state index contributed by atoms with van der Waals surface area (Å²) in [6.07, 6.45) is 10.3. The Bertz CT molecular complexity index is 1240. The molecular formula is C26H26ClN3O. The minimum atomic E-state index is -0.672. The predicted octanol–water partition coefficient (Wildman–Crippen LogP) is 6.73. The highest BCUT2D eigenvalue weighted by atomic mass is 35.5. The number of ether oxygens (including phenoxy) is 1. The van der Waals surface area contributed by atoms with Crippen molar-refractivity contribution in [3.8, 4) is 5.75 Å². The Labute approximate surface area is 187 Å². The molecule has 5 heteroatoms. The molecule has 0 saturated heterocycles. The normalized spacial score (nSPS) is 23.1. The number of pyridine rings is 1. The van der Waals surface area contributed by atoms with Gasteiger partial charge in [0, 0.05) is 34.5 Å². The van der Waals surface area contributed by atoms with Crippen molar-refractivity contribution < 1.29 is 4.74 Å². The standard InChI is InChI=1S/C26H26ClN3O/c1-16(2)30-22-7-6-19(27)13-21(22)25(9-4-5-10-25)26(30)15-29-23-17(3)12-18-8-11-28-14-20(18)24(23)31-26/h6-8,11-16H,4-5,9-10H2,1-3H3. The number of anilines is 1. The smallest absolute Gasteiger partial charge is 0.229 e. The van der Waals surface area contributed by atoms with E-state index < -0.39 is 5.72 Å². The Balaban J connectivity index is 1.66. The molecule has 3 heterocycles. The largest absolute Gasteiger partial charge is 0.459 e. The average Bonchev–Trinajstić information content (AvgIpc) is 3.33. The molecule has 31 heavy (non-hydrogen) atoms. The van der Waals surface area contributed by atoms with E-state index in [0.717, 1.165) is 45.6 Å². The van der Waals surface area contributed by atoms with Crippen LogP contribution in [0.2, 0.25) is 5.02 Å². The van der Waals surface area contributed by atoms with Crippen LogP contribution in [-0.4, -0.2) is 23.0 Å². The summed E-state index contributed by atoms with van der Waals surface area (Å²) >= 11 is 6.52. The fourth-order valence-electron chi connectivity index (χ4n) is 6.23. The van der Waals surface area contributed by atoms with Crippen LogP contribution in [0, 0.1) is 6.92 Å². The van der Waals surface area contributed by atoms with Gasteiger partial charge in [-0.15, -0.1) is 0 Å². The molecule has 2 aromatic carbocycles. The van der Waals surface area contributed by atoms with Crippen molar-refractivity contribution in [2.24, 2.45) is 4.99 Å². The van der Waals surface area contributed by atoms with Crippen LogP contribution in [0.25, 0.3) is 10.8 Å². The van der Waals surface area contributed by atoms with E-state index in [1.807, 2.05) is 24.5 Å². The summed E-state index contributed by atoms with van der Waals surface area (Å²) in [5, 5.41) is 2.93. The van der Waals surface area contributed by atoms with Crippen LogP contribution in [0.4, 0.5) is 11.4 Å². The van der Waals surface area contributed by atoms with Crippen LogP contribution in [-0.2, 0) is 5.41 Å². The number of hydrogen-bond acceptors (Lipinski definition) is 4. The third-order valence-electron chi connectivity index (χ3n) is 7.44. The van der Waals surface area contributed by atoms with Gasteiger partial charge in [-0.05, 0) is 80.5 Å². The van der Waals surface area contributed by atoms with E-state index >= 15 is 0 Å². The van der Waals surface area contributed by atoms with E-state index in [9.17, 15) is 0 Å². The number of halogens is 1. The van der Waals surface area contributed by atoms with Gasteiger partial charge >= 0.3 is 0 Å². The lowest BCUT2D eigenvalue weighted by Gasteiger charge is -2.49. The molecule has 3 aromatic rings. The number of rotatable bonds is 1. The lowest BCUT2D eigenvalue weighted by atomic mass is 9.72. The first-order valence-corrected chi connectivity index (χ1v) is 11.6. The average molecular weight is 432 g/mol. The molecule has 0 amide bonds. The lowest BCUT2D eigenvalue weighted by molar-refractivity contribution is 0.0582. The van der Waals surface area contributed by atoms with Gasteiger partial charge in [-0.25, -0.2) is 0 Å². The minimum Gasteiger partial charge on any atom is -0.459 e. The zero-order valence-corrected chi connectivity index (χ0v) is 18.9. The van der Waals surface area contributed by atoms with Crippen LogP contribution in [0.15, 0.2) is 47.7 Å². The minimum absolute atomic E-state index is 0.170. The van der Waals surface area contributed by atoms with Crippen LogP contribution < -0.4 is 9.64 Å². The van der Waals surface area contributed by atoms with Crippen molar-refractivity contribution in [1.29, 1.82) is 0 Å². The number of benzene rings is 2. The number of aromatic nitrogens is 1. The van der Waals surface area contributed by atoms with Crippen molar-refractivity contribution in [2.75, 3.05) is 4.90 Å². The van der Waals surface area contributed by atoms with Crippen LogP contribution in [0.5, 0.6) is 5.75 Å². The van der Waals surface area contributed by atoms with Gasteiger partial charge in [0.1, 0.15) is 5.69 Å². The highest BCUT2D eigenvalue weighted by Crippen LogP contribution is 2.62. The summed E-state index contributed by atoms with van der Waals surface area (Å²) in [5.41, 5.74) is 3.71. The van der Waals surface area contributed by atoms with Crippen molar-refractivity contribution in [1.82, 2.24) is 4.98 Å². The highest BCUT2D eigenvalue weighted by Gasteiger charge is 2.65. The second kappa shape index (κ2) is 6.46. The van der Waals surface area contributed by atoms with Gasteiger partial charge in [-0.3, -0.25) is 9.98 Å². The van der Waals surface area contributed by atoms with E-state index in [-0.39, 0.29) is 11.5 Å². The van der Waals surface area contributed by atoms with Crippen molar-refractivity contribution >= 4 is 40.0 Å². The van der Waals surface area contributed by atoms with Gasteiger partial charge in [-0.2, -0.15) is 0 Å². The molecule has 1 unspecified atom stereocenters. The molecule has 3 aliphatic rings. The monoisotopic (exact) mass is 431 g/mol. The van der Waals surface area contributed by atoms with Crippen LogP contribution in [0.3, 0.4) is 0 Å². The Morgan fingerprint density at radius 3 is 2.71 bits per heavy atom. The van der Waals surface area contributed by atoms with Crippen molar-refractivity contribution in [3.05, 3.63) is 58.9 Å². The van der Waals surface area contributed by atoms with Gasteiger partial charge in [0.2, 0.25) is 5.72 Å². The predicted molar refractivity (Wildman–Crippen MR) is 127 cm³/mol. The van der Waals surface area contributed by atoms with E-state index in [4.69, 9.17) is 21.3 Å². The summed E-state index contributed by atoms with van der Waals surface area (Å²) in [6.45, 7) is 6.57. The van der Waals surface area contributed by atoms with Gasteiger partial charge in [0.25, 0.3) is 0 Å². The van der Waals surface area contributed by atoms with Crippen LogP contribution >= 0.6 is 11.6 Å². The topological polar surface area (TPSA) is 37.7 Å². The summed E-state index contributed by atoms with van der Waals surface area (Å²) in [5.74, 6) is 0.849. The highest BCUT2D eigenvalue weighted by molar-refractivity contribution is 6.30. The number of aliphatic imine (C=N–C) groups is 1. The van der Waals surface area contributed by atoms with Gasteiger partial charge in [0.05, 0.1) is 11.6 Å². The molecule has 1 fully saturated rings. The molecule has 0 radical (unpaired) electrons. The van der Waals surface area contributed by atoms with Gasteiger partial charge < -0.3 is 9.64 Å². The summed E-state index contributed by atoms with van der Waals surface area (Å²) in [7, 11) is 0. The zero-order chi connectivity index (χ0) is 21.4. The molecule has 6 rings (SSSR count). The third-order valence-corrected chi connectivity index (χ3v) is 7.67. The maximum Gasteiger partial charge on any atom is 0.229 e. The molecule has 2 aliphatic heterocycles. The maximum atomic E-state index is 7.20. The molecule has 2 spiro atoms. The molecule has 1 aromatic heterocycles. The molecule has 158 valence electrons. The second-order valence-corrected chi connectivity index (χ2v) is 9.88. The molecule has 4 nitrogen and oxygen atoms in total. The second-order valence-electron chi connectivity index (χ2n) is 9.44. The fourth-order valence-corrected chi connectivity index (χ4v) is 6.40. The summed E-state index contributed by atoms with van der Waals surface area (Å²) in [4.78, 5) is 11.9. The quantitative estimate of drug-likeness (QED) is 0.428. The Morgan fingerprint density at radius 2 is 1.94 bits per heavy atom. The Morgan fingerprint density at radius 1 is 1.13 bits per heavy atom. The third kappa shape index (κ3) is 2.37. The molecule has 1 aliphatic carbocycles. The zero-order valence-electron chi connectivity index (χ0n) is 18.2. The number of hydrogen-bond donors (Lipinski definition) is 0. The maximum absolute atomic E-state index is 7.20. The number of fused-ring (bicyclic) bond motifs is 6. The fraction of sp³-hybridized carbons (Fsp3) is 0.385. The number of aryl methyl sites for hydroxylation is 1. The lowest BCUT2D eigenvalue weighted by Crippen LogP contribution is -2.65. The molecule has 0 bridgehead atoms. The summed E-state index contributed by atoms with van der Waals surface area (Å²) < 4.78 is 7.20. The van der Waals surface area contributed by atoms with Gasteiger partial charge in [0.15, 0.2) is 5.75 Å². The van der Waals surface area contributed by atoms with E-state index in [1.54, 1.807) is 0 Å². The van der Waals surface area contributed by atoms with E-state index in [0.29, 0.717) is 0 Å². The SMILES string of the molecule is Cc1cc2ccncc2c2c1N=CC1(O2)N(C(C)C)c2ccc(Cl)cc2C12CCCC2. The van der Waals surface area contributed by atoms with Gasteiger partial charge in [-0.1, -0.05) is 24.4 Å². The Hall–Kier alpha value is -2.59. The first-order chi connectivity index (χ1) is 15.0. The van der Waals surface area contributed by atoms with Crippen LogP contribution in [0.1, 0.15) is 50.7 Å².